The lowest BCUT2D eigenvalue weighted by atomic mass is 10.1. The van der Waals surface area contributed by atoms with E-state index in [1.54, 1.807) is 0 Å². The zero-order chi connectivity index (χ0) is 19.7. The summed E-state index contributed by atoms with van der Waals surface area (Å²) in [5.41, 5.74) is 1.18. The number of benzene rings is 1. The molecule has 0 radical (unpaired) electrons. The van der Waals surface area contributed by atoms with E-state index in [0.717, 1.165) is 6.07 Å². The van der Waals surface area contributed by atoms with Crippen LogP contribution >= 0.6 is 0 Å². The minimum absolute atomic E-state index is 0.189. The van der Waals surface area contributed by atoms with Crippen LogP contribution < -0.4 is 4.74 Å². The SMILES string of the molecule is N#Cc1ccc(-n2cnc3c(OC4CCN(C(=O)O)CC4)ncnc32)c(F)c1. The molecule has 4 rings (SSSR count). The van der Waals surface area contributed by atoms with Crippen LogP contribution in [-0.4, -0.2) is 54.8 Å². The highest BCUT2D eigenvalue weighted by atomic mass is 19.1. The van der Waals surface area contributed by atoms with Crippen molar-refractivity contribution in [2.24, 2.45) is 0 Å². The number of halogens is 1. The molecule has 1 N–H and O–H groups in total. The summed E-state index contributed by atoms with van der Waals surface area (Å²) in [5.74, 6) is -0.299. The van der Waals surface area contributed by atoms with Gasteiger partial charge in [0.05, 0.1) is 17.3 Å². The highest BCUT2D eigenvalue weighted by Gasteiger charge is 2.25. The van der Waals surface area contributed by atoms with Gasteiger partial charge in [0.25, 0.3) is 0 Å². The molecule has 0 spiro atoms. The molecule has 1 amide bonds. The standard InChI is InChI=1S/C18H15FN6O3/c19-13-7-11(8-20)1-2-14(13)25-10-23-15-16(25)21-9-22-17(15)28-12-3-5-24(6-4-12)18(26)27/h1-2,7,9-10,12H,3-6H2,(H,26,27). The van der Waals surface area contributed by atoms with Crippen molar-refractivity contribution in [3.63, 3.8) is 0 Å². The van der Waals surface area contributed by atoms with Gasteiger partial charge in [-0.25, -0.2) is 19.2 Å². The van der Waals surface area contributed by atoms with Gasteiger partial charge in [-0.15, -0.1) is 0 Å². The van der Waals surface area contributed by atoms with Crippen LogP contribution in [0, 0.1) is 17.1 Å². The molecule has 142 valence electrons. The van der Waals surface area contributed by atoms with Crippen LogP contribution in [0.2, 0.25) is 0 Å². The van der Waals surface area contributed by atoms with E-state index in [-0.39, 0.29) is 23.2 Å². The quantitative estimate of drug-likeness (QED) is 0.739. The topological polar surface area (TPSA) is 117 Å². The summed E-state index contributed by atoms with van der Waals surface area (Å²) < 4.78 is 21.8. The van der Waals surface area contributed by atoms with Crippen molar-refractivity contribution in [2.75, 3.05) is 13.1 Å². The highest BCUT2D eigenvalue weighted by Crippen LogP contribution is 2.26. The molecule has 2 aromatic heterocycles. The monoisotopic (exact) mass is 382 g/mol. The van der Waals surface area contributed by atoms with Crippen LogP contribution in [0.1, 0.15) is 18.4 Å². The number of piperidine rings is 1. The molecule has 28 heavy (non-hydrogen) atoms. The number of rotatable bonds is 3. The molecular formula is C18H15FN6O3. The first-order valence-corrected chi connectivity index (χ1v) is 8.59. The maximum atomic E-state index is 14.4. The Labute approximate surface area is 158 Å². The number of aromatic nitrogens is 4. The predicted molar refractivity (Wildman–Crippen MR) is 94.6 cm³/mol. The number of fused-ring (bicyclic) bond motifs is 1. The fraction of sp³-hybridized carbons (Fsp3) is 0.278. The van der Waals surface area contributed by atoms with Gasteiger partial charge in [0.15, 0.2) is 11.2 Å². The molecule has 1 aromatic carbocycles. The van der Waals surface area contributed by atoms with Crippen molar-refractivity contribution in [3.05, 3.63) is 42.2 Å². The second-order valence-corrected chi connectivity index (χ2v) is 6.33. The summed E-state index contributed by atoms with van der Waals surface area (Å²) in [5, 5.41) is 17.9. The number of carbonyl (C=O) groups is 1. The normalized spacial score (nSPS) is 14.8. The molecule has 0 unspecified atom stereocenters. The lowest BCUT2D eigenvalue weighted by Gasteiger charge is -2.29. The van der Waals surface area contributed by atoms with Crippen LogP contribution in [0.5, 0.6) is 5.88 Å². The van der Waals surface area contributed by atoms with E-state index < -0.39 is 11.9 Å². The first-order valence-electron chi connectivity index (χ1n) is 8.59. The first kappa shape index (κ1) is 17.7. The van der Waals surface area contributed by atoms with Gasteiger partial charge in [-0.3, -0.25) is 4.57 Å². The molecule has 1 fully saturated rings. The summed E-state index contributed by atoms with van der Waals surface area (Å²) in [6.07, 6.45) is 2.69. The fourth-order valence-corrected chi connectivity index (χ4v) is 3.17. The maximum absolute atomic E-state index is 14.4. The summed E-state index contributed by atoms with van der Waals surface area (Å²) in [6.45, 7) is 0.776. The molecule has 9 nitrogen and oxygen atoms in total. The number of hydrogen-bond donors (Lipinski definition) is 1. The fourth-order valence-electron chi connectivity index (χ4n) is 3.17. The molecule has 0 aliphatic carbocycles. The number of imidazole rings is 1. The third-order valence-electron chi connectivity index (χ3n) is 4.63. The van der Waals surface area contributed by atoms with Crippen molar-refractivity contribution in [3.8, 4) is 17.6 Å². The largest absolute Gasteiger partial charge is 0.473 e. The van der Waals surface area contributed by atoms with Crippen LogP contribution in [0.25, 0.3) is 16.9 Å². The minimum Gasteiger partial charge on any atom is -0.473 e. The Morgan fingerprint density at radius 2 is 2.07 bits per heavy atom. The van der Waals surface area contributed by atoms with E-state index in [4.69, 9.17) is 15.1 Å². The molecule has 1 saturated heterocycles. The number of ether oxygens (including phenoxy) is 1. The Bertz CT molecular complexity index is 1080. The third-order valence-corrected chi connectivity index (χ3v) is 4.63. The molecule has 0 saturated carbocycles. The third kappa shape index (κ3) is 3.18. The number of likely N-dealkylation sites (tertiary alicyclic amines) is 1. The number of carboxylic acid groups (broad SMARTS) is 1. The second-order valence-electron chi connectivity index (χ2n) is 6.33. The van der Waals surface area contributed by atoms with Crippen molar-refractivity contribution in [1.29, 1.82) is 5.26 Å². The number of amides is 1. The van der Waals surface area contributed by atoms with Crippen LogP contribution in [0.4, 0.5) is 9.18 Å². The Balaban J connectivity index is 1.61. The van der Waals surface area contributed by atoms with Gasteiger partial charge < -0.3 is 14.7 Å². The summed E-state index contributed by atoms with van der Waals surface area (Å²) in [6, 6.07) is 6.04. The number of nitrogens with zero attached hydrogens (tertiary/aromatic N) is 6. The van der Waals surface area contributed by atoms with Gasteiger partial charge >= 0.3 is 6.09 Å². The smallest absolute Gasteiger partial charge is 0.407 e. The Morgan fingerprint density at radius 3 is 2.75 bits per heavy atom. The Morgan fingerprint density at radius 1 is 1.29 bits per heavy atom. The molecule has 0 bridgehead atoms. The van der Waals surface area contributed by atoms with E-state index in [1.807, 2.05) is 6.07 Å². The molecule has 3 aromatic rings. The zero-order valence-corrected chi connectivity index (χ0v) is 14.6. The van der Waals surface area contributed by atoms with Crippen molar-refractivity contribution < 1.29 is 19.0 Å². The summed E-state index contributed by atoms with van der Waals surface area (Å²) in [4.78, 5) is 24.9. The van der Waals surface area contributed by atoms with E-state index in [0.29, 0.717) is 37.1 Å². The van der Waals surface area contributed by atoms with Crippen molar-refractivity contribution in [1.82, 2.24) is 24.4 Å². The van der Waals surface area contributed by atoms with Gasteiger partial charge in [0.2, 0.25) is 5.88 Å². The molecule has 3 heterocycles. The van der Waals surface area contributed by atoms with Crippen LogP contribution in [0.3, 0.4) is 0 Å². The number of nitriles is 1. The van der Waals surface area contributed by atoms with Crippen LogP contribution in [0.15, 0.2) is 30.9 Å². The molecule has 0 atom stereocenters. The molecule has 1 aliphatic rings. The molecule has 1 aliphatic heterocycles. The first-order chi connectivity index (χ1) is 13.6. The predicted octanol–water partition coefficient (Wildman–Crippen LogP) is 2.35. The van der Waals surface area contributed by atoms with Crippen LogP contribution in [-0.2, 0) is 0 Å². The lowest BCUT2D eigenvalue weighted by Crippen LogP contribution is -2.41. The van der Waals surface area contributed by atoms with Crippen molar-refractivity contribution >= 4 is 17.3 Å². The Hall–Kier alpha value is -3.74. The molecule has 10 heteroatoms. The number of hydrogen-bond acceptors (Lipinski definition) is 6. The van der Waals surface area contributed by atoms with Gasteiger partial charge in [-0.05, 0) is 18.2 Å². The van der Waals surface area contributed by atoms with Gasteiger partial charge in [0.1, 0.15) is 24.6 Å². The highest BCUT2D eigenvalue weighted by molar-refractivity contribution is 5.77. The average Bonchev–Trinajstić information content (AvgIpc) is 3.13. The van der Waals surface area contributed by atoms with E-state index in [2.05, 4.69) is 15.0 Å². The van der Waals surface area contributed by atoms with Gasteiger partial charge in [0, 0.05) is 25.9 Å². The van der Waals surface area contributed by atoms with E-state index in [9.17, 15) is 9.18 Å². The van der Waals surface area contributed by atoms with Gasteiger partial charge in [-0.2, -0.15) is 10.2 Å². The maximum Gasteiger partial charge on any atom is 0.407 e. The van der Waals surface area contributed by atoms with Gasteiger partial charge in [-0.1, -0.05) is 0 Å². The van der Waals surface area contributed by atoms with Crippen molar-refractivity contribution in [2.45, 2.75) is 18.9 Å². The minimum atomic E-state index is -0.939. The summed E-state index contributed by atoms with van der Waals surface area (Å²) >= 11 is 0. The Kier molecular flexibility index (Phi) is 4.49. The second kappa shape index (κ2) is 7.11. The zero-order valence-electron chi connectivity index (χ0n) is 14.6. The lowest BCUT2D eigenvalue weighted by molar-refractivity contribution is 0.0878. The summed E-state index contributed by atoms with van der Waals surface area (Å²) in [7, 11) is 0. The molecular weight excluding hydrogens is 367 g/mol. The van der Waals surface area contributed by atoms with E-state index in [1.165, 1.54) is 34.3 Å². The van der Waals surface area contributed by atoms with E-state index >= 15 is 0 Å². The average molecular weight is 382 g/mol.